The van der Waals surface area contributed by atoms with Crippen molar-refractivity contribution in [3.63, 3.8) is 0 Å². The van der Waals surface area contributed by atoms with E-state index in [2.05, 4.69) is 93.7 Å². The molecule has 0 spiro atoms. The molecule has 0 rings (SSSR count). The van der Waals surface area contributed by atoms with Gasteiger partial charge >= 0.3 is 17.9 Å². The van der Waals surface area contributed by atoms with Crippen LogP contribution in [0.5, 0.6) is 0 Å². The van der Waals surface area contributed by atoms with Gasteiger partial charge in [-0.25, -0.2) is 0 Å². The minimum absolute atomic E-state index is 0.0802. The molecule has 0 saturated carbocycles. The van der Waals surface area contributed by atoms with Crippen LogP contribution in [0.4, 0.5) is 0 Å². The number of hydrogen-bond donors (Lipinski definition) is 0. The van der Waals surface area contributed by atoms with Gasteiger partial charge in [0, 0.05) is 19.3 Å². The summed E-state index contributed by atoms with van der Waals surface area (Å²) in [4.78, 5) is 38.5. The van der Waals surface area contributed by atoms with E-state index in [1.165, 1.54) is 218 Å². The fourth-order valence-corrected chi connectivity index (χ4v) is 10.0. The van der Waals surface area contributed by atoms with Gasteiger partial charge in [0.1, 0.15) is 13.2 Å². The minimum Gasteiger partial charge on any atom is -0.462 e. The first-order chi connectivity index (χ1) is 39.0. The molecule has 79 heavy (non-hydrogen) atoms. The maximum absolute atomic E-state index is 12.9. The van der Waals surface area contributed by atoms with Crippen molar-refractivity contribution in [3.8, 4) is 0 Å². The molecule has 0 bridgehead atoms. The molecule has 0 heterocycles. The molecule has 0 aromatic heterocycles. The quantitative estimate of drug-likeness (QED) is 0.0261. The molecule has 458 valence electrons. The zero-order valence-corrected chi connectivity index (χ0v) is 52.6. The van der Waals surface area contributed by atoms with Gasteiger partial charge in [-0.15, -0.1) is 0 Å². The molecule has 0 fully saturated rings. The number of carbonyl (C=O) groups is 3. The molecule has 0 N–H and O–H groups in total. The van der Waals surface area contributed by atoms with E-state index >= 15 is 0 Å². The van der Waals surface area contributed by atoms with Crippen molar-refractivity contribution in [2.75, 3.05) is 13.2 Å². The molecule has 0 amide bonds. The van der Waals surface area contributed by atoms with Crippen LogP contribution in [0.1, 0.15) is 355 Å². The number of hydrogen-bond acceptors (Lipinski definition) is 6. The Morgan fingerprint density at radius 3 is 0.785 bits per heavy atom. The normalized spacial score (nSPS) is 12.5. The molecule has 0 aliphatic carbocycles. The molecule has 0 radical (unpaired) electrons. The zero-order valence-electron chi connectivity index (χ0n) is 52.6. The summed E-state index contributed by atoms with van der Waals surface area (Å²) in [6.45, 7) is 6.56. The van der Waals surface area contributed by atoms with Crippen LogP contribution >= 0.6 is 0 Å². The summed E-state index contributed by atoms with van der Waals surface area (Å²) in [5.41, 5.74) is 0. The van der Waals surface area contributed by atoms with E-state index in [-0.39, 0.29) is 31.1 Å². The molecular formula is C73H130O6. The van der Waals surface area contributed by atoms with Gasteiger partial charge in [0.15, 0.2) is 6.10 Å². The number of esters is 3. The molecule has 1 atom stereocenters. The Balaban J connectivity index is 4.36. The third-order valence-electron chi connectivity index (χ3n) is 15.2. The number of ether oxygens (including phenoxy) is 3. The van der Waals surface area contributed by atoms with Gasteiger partial charge < -0.3 is 14.2 Å². The van der Waals surface area contributed by atoms with Gasteiger partial charge in [0.25, 0.3) is 0 Å². The second-order valence-corrected chi connectivity index (χ2v) is 23.1. The number of unbranched alkanes of at least 4 members (excludes halogenated alkanes) is 40. The summed E-state index contributed by atoms with van der Waals surface area (Å²) in [5.74, 6) is -0.878. The van der Waals surface area contributed by atoms with Gasteiger partial charge in [-0.05, 0) is 109 Å². The largest absolute Gasteiger partial charge is 0.462 e. The Morgan fingerprint density at radius 1 is 0.266 bits per heavy atom. The summed E-state index contributed by atoms with van der Waals surface area (Å²) in [7, 11) is 0. The van der Waals surface area contributed by atoms with Gasteiger partial charge in [0.05, 0.1) is 0 Å². The molecule has 0 aromatic carbocycles. The van der Waals surface area contributed by atoms with Crippen molar-refractivity contribution >= 4 is 17.9 Å². The van der Waals surface area contributed by atoms with Crippen molar-refractivity contribution < 1.29 is 28.6 Å². The smallest absolute Gasteiger partial charge is 0.306 e. The minimum atomic E-state index is -0.786. The van der Waals surface area contributed by atoms with Gasteiger partial charge in [-0.1, -0.05) is 299 Å². The predicted molar refractivity (Wildman–Crippen MR) is 344 cm³/mol. The first kappa shape index (κ1) is 75.8. The second-order valence-electron chi connectivity index (χ2n) is 23.1. The lowest BCUT2D eigenvalue weighted by Gasteiger charge is -2.18. The Morgan fingerprint density at radius 2 is 0.494 bits per heavy atom. The molecular weight excluding hydrogens is 973 g/mol. The maximum atomic E-state index is 12.9. The summed E-state index contributed by atoms with van der Waals surface area (Å²) in [6, 6.07) is 0. The highest BCUT2D eigenvalue weighted by Crippen LogP contribution is 2.17. The average molecular weight is 1100 g/mol. The summed E-state index contributed by atoms with van der Waals surface area (Å²) >= 11 is 0. The van der Waals surface area contributed by atoms with Gasteiger partial charge in [-0.2, -0.15) is 0 Å². The lowest BCUT2D eigenvalue weighted by atomic mass is 10.0. The fourth-order valence-electron chi connectivity index (χ4n) is 10.0. The molecule has 0 aliphatic heterocycles. The molecule has 0 aromatic rings. The van der Waals surface area contributed by atoms with Crippen molar-refractivity contribution in [2.45, 2.75) is 361 Å². The third kappa shape index (κ3) is 65.5. The van der Waals surface area contributed by atoms with Crippen LogP contribution < -0.4 is 0 Å². The third-order valence-corrected chi connectivity index (χ3v) is 15.2. The van der Waals surface area contributed by atoms with Crippen LogP contribution in [-0.4, -0.2) is 37.2 Å². The summed E-state index contributed by atoms with van der Waals surface area (Å²) in [5, 5.41) is 0. The first-order valence-electron chi connectivity index (χ1n) is 34.4. The predicted octanol–water partition coefficient (Wildman–Crippen LogP) is 23.7. The Kier molecular flexibility index (Phi) is 64.7. The Bertz CT molecular complexity index is 1450. The van der Waals surface area contributed by atoms with E-state index in [9.17, 15) is 14.4 Å². The number of carbonyl (C=O) groups excluding carboxylic acids is 3. The monoisotopic (exact) mass is 1100 g/mol. The summed E-state index contributed by atoms with van der Waals surface area (Å²) < 4.78 is 17.0. The van der Waals surface area contributed by atoms with Crippen LogP contribution in [0.25, 0.3) is 0 Å². The Labute approximate surface area is 491 Å². The second kappa shape index (κ2) is 67.4. The van der Waals surface area contributed by atoms with Crippen LogP contribution in [0.15, 0.2) is 72.9 Å². The van der Waals surface area contributed by atoms with Crippen molar-refractivity contribution in [1.82, 2.24) is 0 Å². The van der Waals surface area contributed by atoms with Gasteiger partial charge in [-0.3, -0.25) is 14.4 Å². The topological polar surface area (TPSA) is 78.9 Å². The molecule has 6 heteroatoms. The van der Waals surface area contributed by atoms with E-state index in [4.69, 9.17) is 14.2 Å². The van der Waals surface area contributed by atoms with Crippen LogP contribution in [0, 0.1) is 0 Å². The van der Waals surface area contributed by atoms with E-state index in [0.29, 0.717) is 19.3 Å². The number of allylic oxidation sites excluding steroid dienone is 12. The highest BCUT2D eigenvalue weighted by Gasteiger charge is 2.19. The van der Waals surface area contributed by atoms with Crippen molar-refractivity contribution in [2.24, 2.45) is 0 Å². The van der Waals surface area contributed by atoms with Crippen LogP contribution in [-0.2, 0) is 28.6 Å². The first-order valence-corrected chi connectivity index (χ1v) is 34.4. The lowest BCUT2D eigenvalue weighted by molar-refractivity contribution is -0.167. The highest BCUT2D eigenvalue weighted by molar-refractivity contribution is 5.71. The van der Waals surface area contributed by atoms with E-state index in [1.54, 1.807) is 0 Å². The SMILES string of the molecule is CC/C=C\C/C=C\C/C=C\C/C=C\CCCCCCCCC(=O)OC(COC(=O)CCCCCCCCCCC/C=C\CCCCCCCC)COC(=O)CCCCCCCCCCCCC/C=C\CCCCCCCCCC. The van der Waals surface area contributed by atoms with Crippen molar-refractivity contribution in [1.29, 1.82) is 0 Å². The average Bonchev–Trinajstić information content (AvgIpc) is 3.45. The molecule has 6 nitrogen and oxygen atoms in total. The van der Waals surface area contributed by atoms with Crippen LogP contribution in [0.2, 0.25) is 0 Å². The molecule has 0 saturated heterocycles. The van der Waals surface area contributed by atoms with Gasteiger partial charge in [0.2, 0.25) is 0 Å². The molecule has 0 aliphatic rings. The lowest BCUT2D eigenvalue weighted by Crippen LogP contribution is -2.30. The summed E-state index contributed by atoms with van der Waals surface area (Å²) in [6.07, 6.45) is 87.7. The highest BCUT2D eigenvalue weighted by atomic mass is 16.6. The van der Waals surface area contributed by atoms with E-state index in [0.717, 1.165) is 96.3 Å². The van der Waals surface area contributed by atoms with E-state index in [1.807, 2.05) is 0 Å². The fraction of sp³-hybridized carbons (Fsp3) is 0.795. The zero-order chi connectivity index (χ0) is 57.1. The van der Waals surface area contributed by atoms with E-state index < -0.39 is 6.10 Å². The maximum Gasteiger partial charge on any atom is 0.306 e. The molecule has 1 unspecified atom stereocenters. The van der Waals surface area contributed by atoms with Crippen molar-refractivity contribution in [3.05, 3.63) is 72.9 Å². The standard InChI is InChI=1S/C73H130O6/c1-4-7-10-13-16-19-22-25-28-31-34-35-36-37-40-42-45-48-51-54-57-60-63-66-72(75)78-69-70(79-73(76)67-64-61-58-55-52-49-46-43-39-33-30-27-24-21-18-15-12-9-6-3)68-77-71(74)65-62-59-56-53-50-47-44-41-38-32-29-26-23-20-17-14-11-8-5-2/h9,12,18,21,26-27,29-31,34,39,43,70H,4-8,10-11,13-17,19-20,22-25,28,32-33,35-38,40-42,44-69H2,1-3H3/b12-9-,21-18-,29-26-,30-27-,34-31-,43-39-. The van der Waals surface area contributed by atoms with Crippen LogP contribution in [0.3, 0.4) is 0 Å². The number of rotatable bonds is 63. The Hall–Kier alpha value is -3.15.